The number of rotatable bonds is 6. The first-order valence-corrected chi connectivity index (χ1v) is 6.51. The van der Waals surface area contributed by atoms with Crippen LogP contribution in [-0.4, -0.2) is 29.1 Å². The molecular weight excluding hydrogens is 258 g/mol. The van der Waals surface area contributed by atoms with Crippen molar-refractivity contribution in [2.45, 2.75) is 39.2 Å². The number of carboxylic acids is 1. The van der Waals surface area contributed by atoms with Crippen LogP contribution >= 0.6 is 0 Å². The third-order valence-electron chi connectivity index (χ3n) is 2.46. The average molecular weight is 279 g/mol. The molecule has 1 amide bonds. The maximum absolute atomic E-state index is 11.8. The number of carbonyl (C=O) groups excluding carboxylic acids is 1. The Labute approximate surface area is 118 Å². The predicted molar refractivity (Wildman–Crippen MR) is 75.8 cm³/mol. The van der Waals surface area contributed by atoms with Crippen LogP contribution in [0.15, 0.2) is 24.3 Å². The fourth-order valence-corrected chi connectivity index (χ4v) is 1.72. The third-order valence-corrected chi connectivity index (χ3v) is 2.46. The number of aryl methyl sites for hydroxylation is 1. The van der Waals surface area contributed by atoms with Crippen molar-refractivity contribution in [3.05, 3.63) is 29.8 Å². The van der Waals surface area contributed by atoms with E-state index < -0.39 is 5.97 Å². The van der Waals surface area contributed by atoms with Crippen molar-refractivity contribution in [3.63, 3.8) is 0 Å². The van der Waals surface area contributed by atoms with E-state index in [1.165, 1.54) is 0 Å². The number of carbonyl (C=O) groups is 2. The van der Waals surface area contributed by atoms with Gasteiger partial charge in [-0.15, -0.1) is 0 Å². The van der Waals surface area contributed by atoms with Gasteiger partial charge in [0.15, 0.2) is 6.61 Å². The van der Waals surface area contributed by atoms with E-state index >= 15 is 0 Å². The van der Waals surface area contributed by atoms with Crippen LogP contribution in [0.2, 0.25) is 0 Å². The zero-order valence-electron chi connectivity index (χ0n) is 12.1. The molecular formula is C15H21NO4. The van der Waals surface area contributed by atoms with Crippen LogP contribution in [0.5, 0.6) is 5.75 Å². The molecule has 0 saturated heterocycles. The van der Waals surface area contributed by atoms with E-state index in [-0.39, 0.29) is 18.1 Å². The second kappa shape index (κ2) is 6.93. The van der Waals surface area contributed by atoms with E-state index in [4.69, 9.17) is 9.84 Å². The molecule has 0 bridgehead atoms. The molecule has 5 nitrogen and oxygen atoms in total. The van der Waals surface area contributed by atoms with Crippen LogP contribution in [0, 0.1) is 0 Å². The number of amides is 1. The number of ether oxygens (including phenoxy) is 1. The minimum absolute atomic E-state index is 0.0365. The Morgan fingerprint density at radius 3 is 2.50 bits per heavy atom. The highest BCUT2D eigenvalue weighted by Crippen LogP contribution is 2.19. The van der Waals surface area contributed by atoms with Crippen LogP contribution in [0.3, 0.4) is 0 Å². The maximum atomic E-state index is 11.8. The third kappa shape index (κ3) is 6.22. The topological polar surface area (TPSA) is 75.6 Å². The summed E-state index contributed by atoms with van der Waals surface area (Å²) in [5.74, 6) is -0.547. The number of hydrogen-bond donors (Lipinski definition) is 2. The normalized spacial score (nSPS) is 10.9. The quantitative estimate of drug-likeness (QED) is 0.835. The Balaban J connectivity index is 2.59. The Bertz CT molecular complexity index is 477. The van der Waals surface area contributed by atoms with Crippen molar-refractivity contribution in [2.75, 3.05) is 6.61 Å². The van der Waals surface area contributed by atoms with Gasteiger partial charge in [-0.1, -0.05) is 18.2 Å². The fourth-order valence-electron chi connectivity index (χ4n) is 1.72. The lowest BCUT2D eigenvalue weighted by atomic mass is 10.1. The zero-order chi connectivity index (χ0) is 15.2. The molecule has 0 atom stereocenters. The summed E-state index contributed by atoms with van der Waals surface area (Å²) < 4.78 is 5.20. The molecule has 0 fully saturated rings. The van der Waals surface area contributed by atoms with E-state index in [0.29, 0.717) is 18.6 Å². The van der Waals surface area contributed by atoms with Gasteiger partial charge in [0.05, 0.1) is 0 Å². The van der Waals surface area contributed by atoms with Crippen molar-refractivity contribution in [3.8, 4) is 5.75 Å². The van der Waals surface area contributed by atoms with Gasteiger partial charge in [0.1, 0.15) is 5.75 Å². The first-order chi connectivity index (χ1) is 9.28. The standard InChI is InChI=1S/C15H21NO4/c1-15(2,3)16-13(17)9-8-11-6-4-5-7-12(11)20-10-14(18)19/h4-7H,8-10H2,1-3H3,(H,16,17)(H,18,19). The maximum Gasteiger partial charge on any atom is 0.341 e. The second-order valence-corrected chi connectivity index (χ2v) is 5.59. The molecule has 0 radical (unpaired) electrons. The molecule has 0 aliphatic rings. The lowest BCUT2D eigenvalue weighted by Gasteiger charge is -2.20. The number of para-hydroxylation sites is 1. The predicted octanol–water partition coefficient (Wildman–Crippen LogP) is 2.00. The minimum atomic E-state index is -1.02. The molecule has 0 unspecified atom stereocenters. The molecule has 5 heteroatoms. The second-order valence-electron chi connectivity index (χ2n) is 5.59. The summed E-state index contributed by atoms with van der Waals surface area (Å²) >= 11 is 0. The van der Waals surface area contributed by atoms with Crippen molar-refractivity contribution >= 4 is 11.9 Å². The largest absolute Gasteiger partial charge is 0.482 e. The highest BCUT2D eigenvalue weighted by Gasteiger charge is 2.14. The van der Waals surface area contributed by atoms with Gasteiger partial charge in [-0.25, -0.2) is 4.79 Å². The molecule has 0 saturated carbocycles. The summed E-state index contributed by atoms with van der Waals surface area (Å²) in [5.41, 5.74) is 0.578. The molecule has 0 aliphatic heterocycles. The first-order valence-electron chi connectivity index (χ1n) is 6.51. The molecule has 0 aromatic heterocycles. The molecule has 1 rings (SSSR count). The lowest BCUT2D eigenvalue weighted by molar-refractivity contribution is -0.139. The molecule has 0 spiro atoms. The van der Waals surface area contributed by atoms with E-state index in [9.17, 15) is 9.59 Å². The monoisotopic (exact) mass is 279 g/mol. The summed E-state index contributed by atoms with van der Waals surface area (Å²) in [6, 6.07) is 7.15. The van der Waals surface area contributed by atoms with Crippen LogP contribution in [0.4, 0.5) is 0 Å². The van der Waals surface area contributed by atoms with Gasteiger partial charge >= 0.3 is 5.97 Å². The van der Waals surface area contributed by atoms with Crippen LogP contribution in [0.1, 0.15) is 32.8 Å². The Morgan fingerprint density at radius 2 is 1.90 bits per heavy atom. The van der Waals surface area contributed by atoms with Gasteiger partial charge in [0.2, 0.25) is 5.91 Å². The first kappa shape index (κ1) is 16.0. The zero-order valence-corrected chi connectivity index (χ0v) is 12.1. The Hall–Kier alpha value is -2.04. The summed E-state index contributed by atoms with van der Waals surface area (Å²) in [4.78, 5) is 22.3. The highest BCUT2D eigenvalue weighted by molar-refractivity contribution is 5.77. The van der Waals surface area contributed by atoms with Crippen molar-refractivity contribution < 1.29 is 19.4 Å². The summed E-state index contributed by atoms with van der Waals surface area (Å²) in [6.07, 6.45) is 0.850. The molecule has 1 aromatic rings. The van der Waals surface area contributed by atoms with E-state index in [2.05, 4.69) is 5.32 Å². The Morgan fingerprint density at radius 1 is 1.25 bits per heavy atom. The van der Waals surface area contributed by atoms with Crippen molar-refractivity contribution in [2.24, 2.45) is 0 Å². The van der Waals surface area contributed by atoms with Gasteiger partial charge < -0.3 is 15.2 Å². The van der Waals surface area contributed by atoms with E-state index in [1.54, 1.807) is 12.1 Å². The molecule has 2 N–H and O–H groups in total. The fraction of sp³-hybridized carbons (Fsp3) is 0.467. The molecule has 1 aromatic carbocycles. The van der Waals surface area contributed by atoms with E-state index in [0.717, 1.165) is 5.56 Å². The van der Waals surface area contributed by atoms with Crippen LogP contribution < -0.4 is 10.1 Å². The number of hydrogen-bond acceptors (Lipinski definition) is 3. The van der Waals surface area contributed by atoms with Crippen molar-refractivity contribution in [1.29, 1.82) is 0 Å². The van der Waals surface area contributed by atoms with Gasteiger partial charge in [-0.05, 0) is 38.8 Å². The SMILES string of the molecule is CC(C)(C)NC(=O)CCc1ccccc1OCC(=O)O. The van der Waals surface area contributed by atoms with Crippen LogP contribution in [-0.2, 0) is 16.0 Å². The van der Waals surface area contributed by atoms with Gasteiger partial charge in [-0.3, -0.25) is 4.79 Å². The average Bonchev–Trinajstić information content (AvgIpc) is 2.32. The van der Waals surface area contributed by atoms with Gasteiger partial charge in [0, 0.05) is 12.0 Å². The molecule has 0 aliphatic carbocycles. The summed E-state index contributed by atoms with van der Waals surface area (Å²) in [6.45, 7) is 5.39. The highest BCUT2D eigenvalue weighted by atomic mass is 16.5. The smallest absolute Gasteiger partial charge is 0.341 e. The Kier molecular flexibility index (Phi) is 5.55. The number of benzene rings is 1. The lowest BCUT2D eigenvalue weighted by Crippen LogP contribution is -2.40. The van der Waals surface area contributed by atoms with Crippen LogP contribution in [0.25, 0.3) is 0 Å². The van der Waals surface area contributed by atoms with Crippen molar-refractivity contribution in [1.82, 2.24) is 5.32 Å². The number of carboxylic acid groups (broad SMARTS) is 1. The summed E-state index contributed by atoms with van der Waals surface area (Å²) in [5, 5.41) is 11.5. The summed E-state index contributed by atoms with van der Waals surface area (Å²) in [7, 11) is 0. The van der Waals surface area contributed by atoms with E-state index in [1.807, 2.05) is 32.9 Å². The molecule has 20 heavy (non-hydrogen) atoms. The number of nitrogens with one attached hydrogen (secondary N) is 1. The molecule has 0 heterocycles. The van der Waals surface area contributed by atoms with Gasteiger partial charge in [-0.2, -0.15) is 0 Å². The van der Waals surface area contributed by atoms with Gasteiger partial charge in [0.25, 0.3) is 0 Å². The number of aliphatic carboxylic acids is 1. The minimum Gasteiger partial charge on any atom is -0.482 e. The molecule has 110 valence electrons.